The molecule has 2 aromatic carbocycles. The van der Waals surface area contributed by atoms with Gasteiger partial charge in [0.15, 0.2) is 34.9 Å². The number of hydrogen-bond acceptors (Lipinski definition) is 13. The number of phenols is 2. The van der Waals surface area contributed by atoms with Crippen molar-refractivity contribution in [2.75, 3.05) is 13.9 Å². The van der Waals surface area contributed by atoms with E-state index in [4.69, 9.17) is 33.2 Å². The lowest BCUT2D eigenvalue weighted by molar-refractivity contribution is -0.271. The van der Waals surface area contributed by atoms with Crippen molar-refractivity contribution in [3.8, 4) is 45.8 Å². The number of aliphatic hydroxyl groups is 3. The Morgan fingerprint density at radius 2 is 1.81 bits per heavy atom. The summed E-state index contributed by atoms with van der Waals surface area (Å²) in [4.78, 5) is 24.4. The number of aromatic hydroxyl groups is 2. The zero-order valence-corrected chi connectivity index (χ0v) is 18.9. The van der Waals surface area contributed by atoms with Crippen LogP contribution in [0.15, 0.2) is 33.5 Å². The number of carboxylic acid groups (broad SMARTS) is 1. The van der Waals surface area contributed by atoms with Crippen LogP contribution in [0.5, 0.6) is 34.5 Å². The van der Waals surface area contributed by atoms with Crippen LogP contribution < -0.4 is 24.4 Å². The molecule has 14 heteroatoms. The fourth-order valence-corrected chi connectivity index (χ4v) is 4.08. The second kappa shape index (κ2) is 9.01. The Morgan fingerprint density at radius 3 is 2.49 bits per heavy atom. The molecule has 1 saturated heterocycles. The molecule has 37 heavy (non-hydrogen) atoms. The van der Waals surface area contributed by atoms with Crippen LogP contribution in [-0.4, -0.2) is 81.2 Å². The van der Waals surface area contributed by atoms with Gasteiger partial charge in [-0.2, -0.15) is 0 Å². The average molecular weight is 520 g/mol. The van der Waals surface area contributed by atoms with Crippen LogP contribution in [0, 0.1) is 0 Å². The molecule has 3 unspecified atom stereocenters. The molecule has 196 valence electrons. The Bertz CT molecular complexity index is 1450. The molecule has 3 heterocycles. The minimum absolute atomic E-state index is 0.0105. The van der Waals surface area contributed by atoms with Gasteiger partial charge in [-0.1, -0.05) is 0 Å². The number of fused-ring (bicyclic) bond motifs is 2. The van der Waals surface area contributed by atoms with Crippen molar-refractivity contribution in [1.29, 1.82) is 0 Å². The van der Waals surface area contributed by atoms with Gasteiger partial charge in [0, 0.05) is 11.6 Å². The zero-order valence-electron chi connectivity index (χ0n) is 18.9. The van der Waals surface area contributed by atoms with Crippen LogP contribution in [0.2, 0.25) is 0 Å². The van der Waals surface area contributed by atoms with E-state index in [1.54, 1.807) is 0 Å². The molecule has 1 fully saturated rings. The van der Waals surface area contributed by atoms with Crippen LogP contribution in [-0.2, 0) is 9.53 Å². The standard InChI is InChI=1S/C23H20O14/c1-32-20-14(26)12-10(5-11-19(13(12)25)34-6-33-11)35-18(20)7-2-3-9(8(24)4-7)36-23-17(29)15(27)16(28)21(37-23)22(30)31/h2-5,15-17,21,23-25,27-29H,6H2,1H3,(H,30,31)/t15?,16-,17?,21?,23+/m0/s1. The monoisotopic (exact) mass is 520 g/mol. The molecule has 0 radical (unpaired) electrons. The van der Waals surface area contributed by atoms with Gasteiger partial charge in [-0.25, -0.2) is 4.79 Å². The van der Waals surface area contributed by atoms with Crippen molar-refractivity contribution >= 4 is 16.9 Å². The molecular weight excluding hydrogens is 500 g/mol. The summed E-state index contributed by atoms with van der Waals surface area (Å²) in [6, 6.07) is 5.04. The van der Waals surface area contributed by atoms with Gasteiger partial charge in [-0.3, -0.25) is 4.79 Å². The molecule has 0 bridgehead atoms. The third kappa shape index (κ3) is 3.92. The first-order valence-corrected chi connectivity index (χ1v) is 10.7. The van der Waals surface area contributed by atoms with Crippen LogP contribution in [0.25, 0.3) is 22.3 Å². The number of benzene rings is 2. The molecule has 1 aromatic heterocycles. The topological polar surface area (TPSA) is 215 Å². The average Bonchev–Trinajstić information content (AvgIpc) is 3.34. The lowest BCUT2D eigenvalue weighted by Gasteiger charge is -2.38. The summed E-state index contributed by atoms with van der Waals surface area (Å²) >= 11 is 0. The van der Waals surface area contributed by atoms with Crippen molar-refractivity contribution in [3.63, 3.8) is 0 Å². The van der Waals surface area contributed by atoms with Gasteiger partial charge in [-0.05, 0) is 18.2 Å². The van der Waals surface area contributed by atoms with Crippen molar-refractivity contribution in [3.05, 3.63) is 34.5 Å². The first kappa shape index (κ1) is 24.5. The maximum atomic E-state index is 13.1. The molecule has 2 aliphatic rings. The Balaban J connectivity index is 1.51. The van der Waals surface area contributed by atoms with Gasteiger partial charge in [0.1, 0.15) is 29.3 Å². The van der Waals surface area contributed by atoms with Crippen molar-refractivity contribution in [2.45, 2.75) is 30.7 Å². The molecule has 2 aliphatic heterocycles. The quantitative estimate of drug-likeness (QED) is 0.259. The highest BCUT2D eigenvalue weighted by molar-refractivity contribution is 5.91. The van der Waals surface area contributed by atoms with Crippen molar-refractivity contribution in [2.24, 2.45) is 0 Å². The fraction of sp³-hybridized carbons (Fsp3) is 0.304. The summed E-state index contributed by atoms with van der Waals surface area (Å²) in [5.41, 5.74) is -0.629. The van der Waals surface area contributed by atoms with Gasteiger partial charge in [0.25, 0.3) is 0 Å². The number of carboxylic acids is 1. The zero-order chi connectivity index (χ0) is 26.6. The number of methoxy groups -OCH3 is 1. The molecule has 6 N–H and O–H groups in total. The lowest BCUT2D eigenvalue weighted by atomic mass is 9.99. The highest BCUT2D eigenvalue weighted by atomic mass is 16.7. The highest BCUT2D eigenvalue weighted by Crippen LogP contribution is 2.46. The molecule has 5 atom stereocenters. The summed E-state index contributed by atoms with van der Waals surface area (Å²) in [6.07, 6.45) is -9.30. The number of rotatable bonds is 5. The Kier molecular flexibility index (Phi) is 5.95. The van der Waals surface area contributed by atoms with Crippen LogP contribution in [0.4, 0.5) is 0 Å². The van der Waals surface area contributed by atoms with Gasteiger partial charge in [0.2, 0.25) is 30.0 Å². The maximum Gasteiger partial charge on any atom is 0.335 e. The van der Waals surface area contributed by atoms with Gasteiger partial charge >= 0.3 is 5.97 Å². The van der Waals surface area contributed by atoms with Gasteiger partial charge < -0.3 is 58.7 Å². The summed E-state index contributed by atoms with van der Waals surface area (Å²) in [6.45, 7) is -0.157. The predicted octanol–water partition coefficient (Wildman–Crippen LogP) is -0.121. The molecule has 3 aromatic rings. The number of phenolic OH excluding ortho intramolecular Hbond substituents is 2. The molecule has 14 nitrogen and oxygen atoms in total. The summed E-state index contributed by atoms with van der Waals surface area (Å²) in [5.74, 6) is -3.16. The maximum absolute atomic E-state index is 13.1. The normalized spacial score (nSPS) is 24.7. The van der Waals surface area contributed by atoms with E-state index in [1.165, 1.54) is 25.3 Å². The number of aliphatic carboxylic acids is 1. The van der Waals surface area contributed by atoms with Crippen LogP contribution >= 0.6 is 0 Å². The molecule has 5 rings (SSSR count). The first-order chi connectivity index (χ1) is 17.6. The first-order valence-electron chi connectivity index (χ1n) is 10.7. The third-order valence-corrected chi connectivity index (χ3v) is 5.93. The minimum atomic E-state index is -1.91. The fourth-order valence-electron chi connectivity index (χ4n) is 4.08. The Morgan fingerprint density at radius 1 is 1.05 bits per heavy atom. The summed E-state index contributed by atoms with van der Waals surface area (Å²) in [7, 11) is 1.21. The number of carbonyl (C=O) groups is 1. The van der Waals surface area contributed by atoms with E-state index >= 15 is 0 Å². The Hall–Kier alpha value is -4.24. The minimum Gasteiger partial charge on any atom is -0.504 e. The smallest absolute Gasteiger partial charge is 0.335 e. The van der Waals surface area contributed by atoms with E-state index in [-0.39, 0.29) is 52.1 Å². The number of ether oxygens (including phenoxy) is 5. The van der Waals surface area contributed by atoms with Crippen molar-refractivity contribution in [1.82, 2.24) is 0 Å². The van der Waals surface area contributed by atoms with Crippen LogP contribution in [0.1, 0.15) is 0 Å². The summed E-state index contributed by atoms with van der Waals surface area (Å²) < 4.78 is 31.9. The molecular formula is C23H20O14. The number of aliphatic hydroxyl groups excluding tert-OH is 3. The van der Waals surface area contributed by atoms with E-state index in [0.29, 0.717) is 0 Å². The second-order valence-corrected chi connectivity index (χ2v) is 8.16. The highest BCUT2D eigenvalue weighted by Gasteiger charge is 2.48. The molecule has 0 saturated carbocycles. The molecule has 0 amide bonds. The molecule has 0 spiro atoms. The Labute approximate surface area is 206 Å². The van der Waals surface area contributed by atoms with Crippen molar-refractivity contribution < 1.29 is 63.5 Å². The predicted molar refractivity (Wildman–Crippen MR) is 119 cm³/mol. The third-order valence-electron chi connectivity index (χ3n) is 5.93. The van der Waals surface area contributed by atoms with E-state index in [1.807, 2.05) is 0 Å². The van der Waals surface area contributed by atoms with E-state index in [0.717, 1.165) is 6.07 Å². The van der Waals surface area contributed by atoms with Gasteiger partial charge in [0.05, 0.1) is 7.11 Å². The van der Waals surface area contributed by atoms with Gasteiger partial charge in [-0.15, -0.1) is 0 Å². The molecule has 0 aliphatic carbocycles. The van der Waals surface area contributed by atoms with E-state index in [9.17, 15) is 35.1 Å². The number of hydrogen-bond donors (Lipinski definition) is 6. The summed E-state index contributed by atoms with van der Waals surface area (Å²) in [5, 5.41) is 59.9. The SMILES string of the molecule is COc1c(-c2ccc(O[C@@H]3OC(C(=O)O)[C@@H](O)C(O)C3O)c(O)c2)oc2cc3c(c(O)c2c1=O)OCO3. The van der Waals surface area contributed by atoms with E-state index < -0.39 is 53.6 Å². The van der Waals surface area contributed by atoms with E-state index in [2.05, 4.69) is 0 Å². The largest absolute Gasteiger partial charge is 0.504 e. The lowest BCUT2D eigenvalue weighted by Crippen LogP contribution is -2.61. The van der Waals surface area contributed by atoms with Crippen LogP contribution in [0.3, 0.4) is 0 Å². The second-order valence-electron chi connectivity index (χ2n) is 8.16.